The van der Waals surface area contributed by atoms with Gasteiger partial charge in [0.05, 0.1) is 6.10 Å². The minimum Gasteiger partial charge on any atom is -0.393 e. The van der Waals surface area contributed by atoms with E-state index in [1.54, 1.807) is 0 Å². The number of allylic oxidation sites excluding steroid dienone is 1. The number of aliphatic hydroxyl groups is 1. The van der Waals surface area contributed by atoms with Gasteiger partial charge < -0.3 is 5.11 Å². The normalized spacial score (nSPS) is 51.0. The van der Waals surface area contributed by atoms with Gasteiger partial charge in [-0.05, 0) is 61.3 Å². The molecule has 6 atom stereocenters. The van der Waals surface area contributed by atoms with E-state index in [4.69, 9.17) is 0 Å². The van der Waals surface area contributed by atoms with Crippen molar-refractivity contribution in [3.63, 3.8) is 0 Å². The Hall–Kier alpha value is -0.960. The van der Waals surface area contributed by atoms with E-state index in [0.29, 0.717) is 36.9 Å². The van der Waals surface area contributed by atoms with E-state index in [-0.39, 0.29) is 22.5 Å². The highest BCUT2D eigenvalue weighted by Crippen LogP contribution is 2.64. The van der Waals surface area contributed by atoms with E-state index in [1.165, 1.54) is 5.57 Å². The molecule has 0 saturated heterocycles. The van der Waals surface area contributed by atoms with Crippen molar-refractivity contribution in [1.82, 2.24) is 0 Å². The van der Waals surface area contributed by atoms with Crippen molar-refractivity contribution in [2.75, 3.05) is 0 Å². The maximum Gasteiger partial charge on any atom is 0.155 e. The molecule has 1 N–H and O–H groups in total. The summed E-state index contributed by atoms with van der Waals surface area (Å²) in [5.74, 6) is 1.71. The molecule has 0 aromatic rings. The Kier molecular flexibility index (Phi) is 3.01. The van der Waals surface area contributed by atoms with Crippen molar-refractivity contribution < 1.29 is 14.7 Å². The molecule has 3 nitrogen and oxygen atoms in total. The van der Waals surface area contributed by atoms with Gasteiger partial charge in [-0.1, -0.05) is 19.4 Å². The monoisotopic (exact) mass is 302 g/mol. The zero-order valence-electron chi connectivity index (χ0n) is 13.6. The number of carbonyl (C=O) groups is 2. The Bertz CT molecular complexity index is 577. The van der Waals surface area contributed by atoms with Crippen LogP contribution in [-0.2, 0) is 9.59 Å². The number of aliphatic hydroxyl groups excluding tert-OH is 1. The lowest BCUT2D eigenvalue weighted by Gasteiger charge is -2.58. The minimum atomic E-state index is -0.407. The molecule has 0 aliphatic heterocycles. The predicted octanol–water partition coefficient (Wildman–Crippen LogP) is 3.06. The number of hydrogen-bond acceptors (Lipinski definition) is 3. The molecule has 120 valence electrons. The molecule has 0 radical (unpaired) electrons. The summed E-state index contributed by atoms with van der Waals surface area (Å²) in [6, 6.07) is 0. The number of hydrogen-bond donors (Lipinski definition) is 1. The predicted molar refractivity (Wildman–Crippen MR) is 83.1 cm³/mol. The van der Waals surface area contributed by atoms with E-state index in [9.17, 15) is 14.7 Å². The van der Waals surface area contributed by atoms with Crippen molar-refractivity contribution in [3.8, 4) is 0 Å². The van der Waals surface area contributed by atoms with Crippen LogP contribution < -0.4 is 0 Å². The summed E-state index contributed by atoms with van der Waals surface area (Å²) >= 11 is 0. The molecule has 0 unspecified atom stereocenters. The number of carbonyl (C=O) groups excluding carboxylic acids is 2. The molecule has 0 bridgehead atoms. The molecule has 0 amide bonds. The smallest absolute Gasteiger partial charge is 0.155 e. The lowest BCUT2D eigenvalue weighted by Crippen LogP contribution is -2.56. The number of rotatable bonds is 0. The van der Waals surface area contributed by atoms with Crippen molar-refractivity contribution in [1.29, 1.82) is 0 Å². The third-order valence-electron chi connectivity index (χ3n) is 7.61. The molecule has 4 rings (SSSR count). The largest absolute Gasteiger partial charge is 0.393 e. The maximum absolute atomic E-state index is 12.4. The standard InChI is InChI=1S/C19H26O3/c1-18-8-7-12(20)9-11(18)3-4-13-14-5-6-16(22)19(14,2)10-15(21)17(13)18/h9,13-15,17,21H,3-8,10H2,1-2H3/t13-,14-,15+,17-,18-,19+/m1/s1. The van der Waals surface area contributed by atoms with E-state index in [2.05, 4.69) is 13.8 Å². The Balaban J connectivity index is 1.75. The van der Waals surface area contributed by atoms with Crippen molar-refractivity contribution >= 4 is 11.6 Å². The molecule has 3 heteroatoms. The van der Waals surface area contributed by atoms with E-state index < -0.39 is 6.10 Å². The molecular formula is C19H26O3. The van der Waals surface area contributed by atoms with Gasteiger partial charge in [0.1, 0.15) is 5.78 Å². The average Bonchev–Trinajstić information content (AvgIpc) is 2.75. The minimum absolute atomic E-state index is 0.0385. The Morgan fingerprint density at radius 2 is 1.86 bits per heavy atom. The Morgan fingerprint density at radius 1 is 1.09 bits per heavy atom. The summed E-state index contributed by atoms with van der Waals surface area (Å²) in [6.45, 7) is 4.34. The van der Waals surface area contributed by atoms with Gasteiger partial charge in [0, 0.05) is 18.3 Å². The first kappa shape index (κ1) is 14.6. The summed E-state index contributed by atoms with van der Waals surface area (Å²) in [7, 11) is 0. The van der Waals surface area contributed by atoms with Crippen LogP contribution in [0, 0.1) is 28.6 Å². The fraction of sp³-hybridized carbons (Fsp3) is 0.789. The Labute approximate surface area is 132 Å². The number of fused-ring (bicyclic) bond motifs is 5. The van der Waals surface area contributed by atoms with E-state index in [0.717, 1.165) is 25.7 Å². The van der Waals surface area contributed by atoms with Gasteiger partial charge in [-0.25, -0.2) is 0 Å². The van der Waals surface area contributed by atoms with Gasteiger partial charge in [0.2, 0.25) is 0 Å². The molecule has 0 spiro atoms. The first-order valence-electron chi connectivity index (χ1n) is 8.81. The van der Waals surface area contributed by atoms with Crippen LogP contribution in [0.15, 0.2) is 11.6 Å². The van der Waals surface area contributed by atoms with Crippen LogP contribution in [0.2, 0.25) is 0 Å². The van der Waals surface area contributed by atoms with Crippen LogP contribution in [0.3, 0.4) is 0 Å². The topological polar surface area (TPSA) is 54.4 Å². The van der Waals surface area contributed by atoms with Crippen LogP contribution in [0.4, 0.5) is 0 Å². The van der Waals surface area contributed by atoms with Gasteiger partial charge in [-0.15, -0.1) is 0 Å². The number of ketones is 2. The molecule has 3 fully saturated rings. The molecule has 4 aliphatic rings. The molecule has 22 heavy (non-hydrogen) atoms. The highest BCUT2D eigenvalue weighted by molar-refractivity contribution is 5.91. The van der Waals surface area contributed by atoms with Crippen molar-refractivity contribution in [2.24, 2.45) is 28.6 Å². The quantitative estimate of drug-likeness (QED) is 0.748. The summed E-state index contributed by atoms with van der Waals surface area (Å²) in [5, 5.41) is 10.9. The Morgan fingerprint density at radius 3 is 2.64 bits per heavy atom. The van der Waals surface area contributed by atoms with E-state index in [1.807, 2.05) is 6.08 Å². The fourth-order valence-electron chi connectivity index (χ4n) is 6.46. The lowest BCUT2D eigenvalue weighted by atomic mass is 9.46. The second-order valence-corrected chi connectivity index (χ2v) is 8.54. The van der Waals surface area contributed by atoms with Gasteiger partial charge >= 0.3 is 0 Å². The average molecular weight is 302 g/mol. The lowest BCUT2D eigenvalue weighted by molar-refractivity contribution is -0.147. The van der Waals surface area contributed by atoms with Gasteiger partial charge in [0.25, 0.3) is 0 Å². The van der Waals surface area contributed by atoms with Gasteiger partial charge in [-0.3, -0.25) is 9.59 Å². The maximum atomic E-state index is 12.4. The second kappa shape index (κ2) is 4.53. The van der Waals surface area contributed by atoms with Crippen molar-refractivity contribution in [3.05, 3.63) is 11.6 Å². The second-order valence-electron chi connectivity index (χ2n) is 8.54. The molecule has 0 heterocycles. The molecule has 0 aromatic carbocycles. The van der Waals surface area contributed by atoms with Crippen LogP contribution >= 0.6 is 0 Å². The fourth-order valence-corrected chi connectivity index (χ4v) is 6.46. The van der Waals surface area contributed by atoms with Crippen LogP contribution in [0.5, 0.6) is 0 Å². The van der Waals surface area contributed by atoms with Crippen LogP contribution in [-0.4, -0.2) is 22.8 Å². The summed E-state index contributed by atoms with van der Waals surface area (Å²) in [6.07, 6.45) is 7.24. The van der Waals surface area contributed by atoms with Gasteiger partial charge in [-0.2, -0.15) is 0 Å². The summed E-state index contributed by atoms with van der Waals surface area (Å²) < 4.78 is 0. The third kappa shape index (κ3) is 1.72. The highest BCUT2D eigenvalue weighted by atomic mass is 16.3. The zero-order valence-corrected chi connectivity index (χ0v) is 13.6. The van der Waals surface area contributed by atoms with Crippen molar-refractivity contribution in [2.45, 2.75) is 64.9 Å². The highest BCUT2D eigenvalue weighted by Gasteiger charge is 2.61. The van der Waals surface area contributed by atoms with Crippen LogP contribution in [0.25, 0.3) is 0 Å². The van der Waals surface area contributed by atoms with Crippen LogP contribution in [0.1, 0.15) is 58.8 Å². The zero-order chi connectivity index (χ0) is 15.7. The van der Waals surface area contributed by atoms with E-state index >= 15 is 0 Å². The SMILES string of the molecule is C[C@@]12CCC(=O)C=C1CC[C@H]1[C@@H]2[C@@H](O)C[C@]2(C)C(=O)CC[C@H]12. The first-order chi connectivity index (χ1) is 10.4. The molecule has 0 aromatic heterocycles. The summed E-state index contributed by atoms with van der Waals surface area (Å²) in [4.78, 5) is 24.2. The molecule has 3 saturated carbocycles. The molecule has 4 aliphatic carbocycles. The molecular weight excluding hydrogens is 276 g/mol. The van der Waals surface area contributed by atoms with Gasteiger partial charge in [0.15, 0.2) is 5.78 Å². The first-order valence-corrected chi connectivity index (χ1v) is 8.81. The third-order valence-corrected chi connectivity index (χ3v) is 7.61. The summed E-state index contributed by atoms with van der Waals surface area (Å²) in [5.41, 5.74) is 0.920. The number of Topliss-reactive ketones (excluding diaryl/α,β-unsaturated/α-hetero) is 1.